The van der Waals surface area contributed by atoms with Crippen LogP contribution in [0.3, 0.4) is 0 Å². The minimum absolute atomic E-state index is 0.413. The van der Waals surface area contributed by atoms with Crippen molar-refractivity contribution in [2.24, 2.45) is 4.99 Å². The van der Waals surface area contributed by atoms with Crippen molar-refractivity contribution in [3.05, 3.63) is 41.7 Å². The highest BCUT2D eigenvalue weighted by atomic mass is 32.1. The third-order valence-electron chi connectivity index (χ3n) is 4.66. The van der Waals surface area contributed by atoms with Crippen molar-refractivity contribution < 1.29 is 9.47 Å². The van der Waals surface area contributed by atoms with E-state index in [9.17, 15) is 0 Å². The van der Waals surface area contributed by atoms with Gasteiger partial charge in [-0.3, -0.25) is 15.2 Å². The molecule has 1 fully saturated rings. The second-order valence-corrected chi connectivity index (χ2v) is 7.73. The van der Waals surface area contributed by atoms with Crippen LogP contribution >= 0.6 is 12.2 Å². The first-order chi connectivity index (χ1) is 15.5. The van der Waals surface area contributed by atoms with Gasteiger partial charge in [0.15, 0.2) is 5.11 Å². The third-order valence-corrected chi connectivity index (χ3v) is 4.86. The number of anilines is 2. The van der Waals surface area contributed by atoms with Crippen LogP contribution in [0.4, 0.5) is 11.6 Å². The molecule has 0 aliphatic carbocycles. The van der Waals surface area contributed by atoms with Crippen molar-refractivity contribution in [2.75, 3.05) is 56.6 Å². The summed E-state index contributed by atoms with van der Waals surface area (Å²) >= 11 is 5.50. The van der Waals surface area contributed by atoms with E-state index >= 15 is 0 Å². The lowest BCUT2D eigenvalue weighted by Crippen LogP contribution is -2.41. The number of hydrogen-bond donors (Lipinski definition) is 3. The minimum atomic E-state index is 0.413. The number of aromatic nitrogens is 2. The lowest BCUT2D eigenvalue weighted by atomic mass is 10.3. The lowest BCUT2D eigenvalue weighted by Gasteiger charge is -2.25. The zero-order valence-electron chi connectivity index (χ0n) is 18.9. The van der Waals surface area contributed by atoms with Crippen molar-refractivity contribution in [3.8, 4) is 5.75 Å². The summed E-state index contributed by atoms with van der Waals surface area (Å²) in [7, 11) is 0. The summed E-state index contributed by atoms with van der Waals surface area (Å²) in [6.45, 7) is 11.3. The van der Waals surface area contributed by atoms with Gasteiger partial charge in [-0.25, -0.2) is 9.97 Å². The van der Waals surface area contributed by atoms with Gasteiger partial charge in [0.25, 0.3) is 0 Å². The Bertz CT molecular complexity index is 895. The number of aliphatic imine (C=N–C) groups is 1. The van der Waals surface area contributed by atoms with E-state index in [0.29, 0.717) is 30.2 Å². The van der Waals surface area contributed by atoms with Crippen LogP contribution < -0.4 is 20.7 Å². The van der Waals surface area contributed by atoms with Crippen LogP contribution in [-0.2, 0) is 4.74 Å². The van der Waals surface area contributed by atoms with Crippen molar-refractivity contribution in [3.63, 3.8) is 0 Å². The molecule has 1 aliphatic heterocycles. The van der Waals surface area contributed by atoms with Gasteiger partial charge in [0.05, 0.1) is 26.4 Å². The second-order valence-electron chi connectivity index (χ2n) is 7.32. The molecule has 2 heterocycles. The van der Waals surface area contributed by atoms with E-state index < -0.39 is 0 Å². The molecule has 9 nitrogen and oxygen atoms in total. The molecule has 3 rings (SSSR count). The van der Waals surface area contributed by atoms with E-state index in [4.69, 9.17) is 21.7 Å². The quantitative estimate of drug-likeness (QED) is 0.329. The predicted octanol–water partition coefficient (Wildman–Crippen LogP) is 2.58. The normalized spacial score (nSPS) is 14.7. The first-order valence-electron chi connectivity index (χ1n) is 10.8. The van der Waals surface area contributed by atoms with Crippen molar-refractivity contribution in [1.29, 1.82) is 0 Å². The van der Waals surface area contributed by atoms with E-state index in [2.05, 4.69) is 35.8 Å². The van der Waals surface area contributed by atoms with E-state index in [1.807, 2.05) is 51.1 Å². The highest BCUT2D eigenvalue weighted by molar-refractivity contribution is 7.80. The molecule has 0 radical (unpaired) electrons. The molecule has 172 valence electrons. The van der Waals surface area contributed by atoms with Crippen molar-refractivity contribution >= 4 is 34.9 Å². The fourth-order valence-corrected chi connectivity index (χ4v) is 3.41. The number of thiocarbonyl (C=S) groups is 1. The van der Waals surface area contributed by atoms with Gasteiger partial charge in [0, 0.05) is 36.7 Å². The predicted molar refractivity (Wildman–Crippen MR) is 132 cm³/mol. The molecule has 1 aliphatic rings. The largest absolute Gasteiger partial charge is 0.494 e. The molecule has 0 bridgehead atoms. The first-order valence-corrected chi connectivity index (χ1v) is 11.2. The summed E-state index contributed by atoms with van der Waals surface area (Å²) in [5.41, 5.74) is 2.60. The Kier molecular flexibility index (Phi) is 9.14. The molecule has 0 atom stereocenters. The molecule has 0 unspecified atom stereocenters. The number of ether oxygens (including phenoxy) is 2. The summed E-state index contributed by atoms with van der Waals surface area (Å²) in [5.74, 6) is 1.78. The molecule has 2 aromatic rings. The van der Waals surface area contributed by atoms with Gasteiger partial charge < -0.3 is 20.1 Å². The maximum Gasteiger partial charge on any atom is 0.229 e. The molecule has 1 aromatic carbocycles. The van der Waals surface area contributed by atoms with Crippen LogP contribution in [0.15, 0.2) is 35.3 Å². The highest BCUT2D eigenvalue weighted by Gasteiger charge is 2.11. The number of nitrogens with zero attached hydrogens (tertiary/aromatic N) is 4. The van der Waals surface area contributed by atoms with Gasteiger partial charge in [-0.15, -0.1) is 0 Å². The van der Waals surface area contributed by atoms with Gasteiger partial charge in [-0.2, -0.15) is 0 Å². The standard InChI is InChI=1S/C22H31N7O2S/c1-4-31-19-7-5-18(6-8-19)26-22(32)28-20(23-9-10-29-11-13-30-14-12-29)27-21-24-16(2)15-17(3)25-21/h5-8,15H,4,9-14H2,1-3H3,(H3,23,24,25,26,27,28,32). The number of guanidine groups is 1. The second kappa shape index (κ2) is 12.3. The number of aryl methyl sites for hydroxylation is 2. The maximum absolute atomic E-state index is 5.50. The van der Waals surface area contributed by atoms with Gasteiger partial charge in [-0.05, 0) is 63.3 Å². The van der Waals surface area contributed by atoms with Crippen LogP contribution in [0.1, 0.15) is 18.3 Å². The van der Waals surface area contributed by atoms with Crippen LogP contribution in [0.2, 0.25) is 0 Å². The average Bonchev–Trinajstić information content (AvgIpc) is 2.75. The number of morpholine rings is 1. The number of hydrogen-bond acceptors (Lipinski definition) is 7. The highest BCUT2D eigenvalue weighted by Crippen LogP contribution is 2.15. The van der Waals surface area contributed by atoms with Gasteiger partial charge >= 0.3 is 0 Å². The lowest BCUT2D eigenvalue weighted by molar-refractivity contribution is 0.0394. The van der Waals surface area contributed by atoms with E-state index in [-0.39, 0.29) is 0 Å². The molecular formula is C22H31N7O2S. The van der Waals surface area contributed by atoms with E-state index in [0.717, 1.165) is 55.7 Å². The molecular weight excluding hydrogens is 426 g/mol. The minimum Gasteiger partial charge on any atom is -0.494 e. The molecule has 1 aromatic heterocycles. The summed E-state index contributed by atoms with van der Waals surface area (Å²) in [6.07, 6.45) is 0. The zero-order valence-corrected chi connectivity index (χ0v) is 19.7. The van der Waals surface area contributed by atoms with Crippen LogP contribution in [0.25, 0.3) is 0 Å². The summed E-state index contributed by atoms with van der Waals surface area (Å²) in [5, 5.41) is 9.88. The topological polar surface area (TPSA) is 95.9 Å². The van der Waals surface area contributed by atoms with Crippen molar-refractivity contribution in [1.82, 2.24) is 20.2 Å². The van der Waals surface area contributed by atoms with Crippen LogP contribution in [0, 0.1) is 13.8 Å². The first kappa shape index (κ1) is 23.8. The Morgan fingerprint density at radius 1 is 1.12 bits per heavy atom. The Balaban J connectivity index is 1.64. The SMILES string of the molecule is CCOc1ccc(NC(=S)NC(=NCCN2CCOCC2)Nc2nc(C)cc(C)n2)cc1. The average molecular weight is 458 g/mol. The molecule has 10 heteroatoms. The van der Waals surface area contributed by atoms with Crippen LogP contribution in [0.5, 0.6) is 5.75 Å². The monoisotopic (exact) mass is 457 g/mol. The zero-order chi connectivity index (χ0) is 22.8. The molecule has 32 heavy (non-hydrogen) atoms. The Labute approximate surface area is 194 Å². The third kappa shape index (κ3) is 8.03. The van der Waals surface area contributed by atoms with Gasteiger partial charge in [-0.1, -0.05) is 0 Å². The molecule has 1 saturated heterocycles. The fourth-order valence-electron chi connectivity index (χ4n) is 3.20. The van der Waals surface area contributed by atoms with E-state index in [1.54, 1.807) is 0 Å². The number of benzene rings is 1. The van der Waals surface area contributed by atoms with Gasteiger partial charge in [0.1, 0.15) is 5.75 Å². The van der Waals surface area contributed by atoms with Gasteiger partial charge in [0.2, 0.25) is 11.9 Å². The summed E-state index contributed by atoms with van der Waals surface area (Å²) in [6, 6.07) is 9.54. The molecule has 0 amide bonds. The fraction of sp³-hybridized carbons (Fsp3) is 0.455. The van der Waals surface area contributed by atoms with Crippen molar-refractivity contribution in [2.45, 2.75) is 20.8 Å². The van der Waals surface area contributed by atoms with Crippen LogP contribution in [-0.4, -0.2) is 71.9 Å². The van der Waals surface area contributed by atoms with E-state index in [1.165, 1.54) is 0 Å². The Morgan fingerprint density at radius 2 is 1.81 bits per heavy atom. The molecule has 3 N–H and O–H groups in total. The number of rotatable bonds is 7. The smallest absolute Gasteiger partial charge is 0.229 e. The maximum atomic E-state index is 5.50. The Morgan fingerprint density at radius 3 is 2.47 bits per heavy atom. The molecule has 0 spiro atoms. The summed E-state index contributed by atoms with van der Waals surface area (Å²) < 4.78 is 10.9. The molecule has 0 saturated carbocycles. The number of nitrogens with one attached hydrogen (secondary N) is 3. The summed E-state index contributed by atoms with van der Waals surface area (Å²) in [4.78, 5) is 15.9. The Hall–Kier alpha value is -2.82.